The average molecular weight is 293 g/mol. The molecule has 1 unspecified atom stereocenters. The fourth-order valence-corrected chi connectivity index (χ4v) is 3.11. The molecule has 0 radical (unpaired) electrons. The maximum atomic E-state index is 14.1. The molecule has 0 fully saturated rings. The van der Waals surface area contributed by atoms with Crippen LogP contribution in [0.5, 0.6) is 0 Å². The molecule has 3 nitrogen and oxygen atoms in total. The molecule has 1 atom stereocenters. The van der Waals surface area contributed by atoms with Gasteiger partial charge in [-0.2, -0.15) is 5.10 Å². The quantitative estimate of drug-likeness (QED) is 0.920. The van der Waals surface area contributed by atoms with Crippen molar-refractivity contribution in [3.8, 4) is 0 Å². The second-order valence-electron chi connectivity index (χ2n) is 4.94. The van der Waals surface area contributed by atoms with Crippen LogP contribution in [0.4, 0.5) is 4.39 Å². The minimum Gasteiger partial charge on any atom is -0.327 e. The zero-order chi connectivity index (χ0) is 14.7. The Kier molecular flexibility index (Phi) is 4.83. The van der Waals surface area contributed by atoms with Crippen LogP contribution in [0.2, 0.25) is 0 Å². The van der Waals surface area contributed by atoms with E-state index in [1.54, 1.807) is 6.07 Å². The molecule has 0 bridgehead atoms. The third-order valence-electron chi connectivity index (χ3n) is 3.24. The number of hydrogen-bond acceptors (Lipinski definition) is 3. The predicted octanol–water partition coefficient (Wildman–Crippen LogP) is 3.30. The highest BCUT2D eigenvalue weighted by molar-refractivity contribution is 7.99. The summed E-state index contributed by atoms with van der Waals surface area (Å²) in [5.41, 5.74) is 7.63. The van der Waals surface area contributed by atoms with E-state index < -0.39 is 0 Å². The van der Waals surface area contributed by atoms with Crippen LogP contribution < -0.4 is 5.73 Å². The highest BCUT2D eigenvalue weighted by Crippen LogP contribution is 2.32. The number of aromatic nitrogens is 2. The number of rotatable bonds is 5. The number of aryl methyl sites for hydroxylation is 2. The van der Waals surface area contributed by atoms with Gasteiger partial charge in [0, 0.05) is 23.5 Å². The summed E-state index contributed by atoms with van der Waals surface area (Å²) in [6.45, 7) is 3.96. The van der Waals surface area contributed by atoms with Crippen molar-refractivity contribution < 1.29 is 4.39 Å². The second-order valence-corrected chi connectivity index (χ2v) is 6.00. The van der Waals surface area contributed by atoms with E-state index >= 15 is 0 Å². The van der Waals surface area contributed by atoms with Crippen LogP contribution >= 0.6 is 11.8 Å². The largest absolute Gasteiger partial charge is 0.327 e. The summed E-state index contributed by atoms with van der Waals surface area (Å²) in [7, 11) is 1.89. The number of nitrogens with two attached hydrogens (primary N) is 1. The molecule has 20 heavy (non-hydrogen) atoms. The van der Waals surface area contributed by atoms with E-state index in [0.717, 1.165) is 22.0 Å². The molecule has 0 spiro atoms. The van der Waals surface area contributed by atoms with Crippen LogP contribution in [0.1, 0.15) is 24.6 Å². The summed E-state index contributed by atoms with van der Waals surface area (Å²) in [6, 6.07) is 7.16. The van der Waals surface area contributed by atoms with Crippen molar-refractivity contribution in [2.75, 3.05) is 0 Å². The van der Waals surface area contributed by atoms with Gasteiger partial charge in [-0.1, -0.05) is 24.8 Å². The van der Waals surface area contributed by atoms with E-state index in [0.29, 0.717) is 12.0 Å². The van der Waals surface area contributed by atoms with E-state index in [1.807, 2.05) is 37.7 Å². The van der Waals surface area contributed by atoms with E-state index in [-0.39, 0.29) is 11.9 Å². The van der Waals surface area contributed by atoms with Crippen molar-refractivity contribution in [1.82, 2.24) is 9.78 Å². The van der Waals surface area contributed by atoms with Crippen molar-refractivity contribution in [3.63, 3.8) is 0 Å². The molecular formula is C15H20FN3S. The Morgan fingerprint density at radius 3 is 2.80 bits per heavy atom. The Balaban J connectivity index is 2.31. The molecule has 0 aliphatic carbocycles. The third kappa shape index (κ3) is 3.41. The molecule has 1 aromatic heterocycles. The van der Waals surface area contributed by atoms with Crippen LogP contribution in [-0.2, 0) is 13.5 Å². The first-order valence-corrected chi connectivity index (χ1v) is 7.54. The van der Waals surface area contributed by atoms with Gasteiger partial charge in [0.05, 0.1) is 10.7 Å². The first-order chi connectivity index (χ1) is 9.51. The molecule has 2 rings (SSSR count). The van der Waals surface area contributed by atoms with Gasteiger partial charge in [-0.3, -0.25) is 4.68 Å². The van der Waals surface area contributed by atoms with Crippen LogP contribution in [0.15, 0.2) is 34.2 Å². The molecular weight excluding hydrogens is 273 g/mol. The summed E-state index contributed by atoms with van der Waals surface area (Å²) in [5, 5.41) is 5.31. The van der Waals surface area contributed by atoms with Gasteiger partial charge in [0.25, 0.3) is 0 Å². The normalized spacial score (nSPS) is 12.7. The first kappa shape index (κ1) is 15.1. The highest BCUT2D eigenvalue weighted by Gasteiger charge is 2.14. The molecule has 1 aromatic carbocycles. The summed E-state index contributed by atoms with van der Waals surface area (Å²) in [6.07, 6.45) is 1.39. The fourth-order valence-electron chi connectivity index (χ4n) is 2.03. The minimum atomic E-state index is -0.183. The molecule has 0 amide bonds. The molecule has 0 saturated heterocycles. The van der Waals surface area contributed by atoms with Gasteiger partial charge in [-0.05, 0) is 38.0 Å². The lowest BCUT2D eigenvalue weighted by Gasteiger charge is -2.14. The number of nitrogens with zero attached hydrogens (tertiary/aromatic N) is 2. The van der Waals surface area contributed by atoms with Crippen LogP contribution in [0.3, 0.4) is 0 Å². The van der Waals surface area contributed by atoms with Crippen molar-refractivity contribution in [1.29, 1.82) is 0 Å². The average Bonchev–Trinajstić information content (AvgIpc) is 2.71. The maximum absolute atomic E-state index is 14.1. The first-order valence-electron chi connectivity index (χ1n) is 6.72. The molecule has 1 heterocycles. The third-order valence-corrected chi connectivity index (χ3v) is 4.43. The lowest BCUT2D eigenvalue weighted by Crippen LogP contribution is -2.22. The van der Waals surface area contributed by atoms with E-state index in [2.05, 4.69) is 5.10 Å². The maximum Gasteiger partial charge on any atom is 0.127 e. The lowest BCUT2D eigenvalue weighted by molar-refractivity contribution is 0.571. The zero-order valence-corrected chi connectivity index (χ0v) is 12.9. The standard InChI is InChI=1S/C15H20FN3S/c1-4-11(17)9-12-13(16)6-5-7-14(12)20-15-8-10(2)18-19(15)3/h5-8,11H,4,9,17H2,1-3H3. The summed E-state index contributed by atoms with van der Waals surface area (Å²) in [5.74, 6) is -0.183. The Morgan fingerprint density at radius 1 is 1.45 bits per heavy atom. The molecule has 0 aliphatic rings. The summed E-state index contributed by atoms with van der Waals surface area (Å²) < 4.78 is 15.9. The fraction of sp³-hybridized carbons (Fsp3) is 0.400. The minimum absolute atomic E-state index is 0.0143. The van der Waals surface area contributed by atoms with Crippen LogP contribution in [0.25, 0.3) is 0 Å². The number of hydrogen-bond donors (Lipinski definition) is 1. The van der Waals surface area contributed by atoms with E-state index in [1.165, 1.54) is 17.8 Å². The van der Waals surface area contributed by atoms with Gasteiger partial charge in [0.1, 0.15) is 5.82 Å². The van der Waals surface area contributed by atoms with Gasteiger partial charge in [-0.15, -0.1) is 0 Å². The van der Waals surface area contributed by atoms with E-state index in [4.69, 9.17) is 5.73 Å². The molecule has 0 saturated carbocycles. The van der Waals surface area contributed by atoms with Gasteiger partial charge >= 0.3 is 0 Å². The lowest BCUT2D eigenvalue weighted by atomic mass is 10.0. The van der Waals surface area contributed by atoms with Crippen LogP contribution in [0, 0.1) is 12.7 Å². The Morgan fingerprint density at radius 2 is 2.20 bits per heavy atom. The second kappa shape index (κ2) is 6.41. The van der Waals surface area contributed by atoms with Crippen molar-refractivity contribution in [2.45, 2.75) is 42.7 Å². The van der Waals surface area contributed by atoms with Crippen molar-refractivity contribution >= 4 is 11.8 Å². The monoisotopic (exact) mass is 293 g/mol. The van der Waals surface area contributed by atoms with Gasteiger partial charge in [-0.25, -0.2) is 4.39 Å². The van der Waals surface area contributed by atoms with Crippen molar-refractivity contribution in [2.24, 2.45) is 12.8 Å². The van der Waals surface area contributed by atoms with Gasteiger partial charge in [0.15, 0.2) is 0 Å². The molecule has 2 aromatic rings. The van der Waals surface area contributed by atoms with Gasteiger partial charge < -0.3 is 5.73 Å². The summed E-state index contributed by atoms with van der Waals surface area (Å²) >= 11 is 1.53. The highest BCUT2D eigenvalue weighted by atomic mass is 32.2. The van der Waals surface area contributed by atoms with Gasteiger partial charge in [0.2, 0.25) is 0 Å². The molecule has 5 heteroatoms. The van der Waals surface area contributed by atoms with Crippen LogP contribution in [-0.4, -0.2) is 15.8 Å². The summed E-state index contributed by atoms with van der Waals surface area (Å²) in [4.78, 5) is 0.914. The Bertz CT molecular complexity index is 595. The predicted molar refractivity (Wildman–Crippen MR) is 80.4 cm³/mol. The van der Waals surface area contributed by atoms with E-state index in [9.17, 15) is 4.39 Å². The number of benzene rings is 1. The Hall–Kier alpha value is -1.33. The van der Waals surface area contributed by atoms with Crippen molar-refractivity contribution in [3.05, 3.63) is 41.3 Å². The zero-order valence-electron chi connectivity index (χ0n) is 12.1. The Labute approximate surface area is 123 Å². The molecule has 0 aliphatic heterocycles. The topological polar surface area (TPSA) is 43.8 Å². The molecule has 108 valence electrons. The SMILES string of the molecule is CCC(N)Cc1c(F)cccc1Sc1cc(C)nn1C. The smallest absolute Gasteiger partial charge is 0.127 e. The molecule has 2 N–H and O–H groups in total. The number of halogens is 1.